The molecule has 1 aromatic rings. The van der Waals surface area contributed by atoms with Crippen LogP contribution in [0.25, 0.3) is 6.08 Å². The molecule has 0 aliphatic heterocycles. The Kier molecular flexibility index (Phi) is 6.15. The van der Waals surface area contributed by atoms with Gasteiger partial charge in [-0.25, -0.2) is 4.79 Å². The molecule has 0 aliphatic carbocycles. The normalized spacial score (nSPS) is 11.2. The Morgan fingerprint density at radius 3 is 2.42 bits per heavy atom. The first-order valence-electron chi connectivity index (χ1n) is 5.83. The Bertz CT molecular complexity index is 477. The average molecular weight is 280 g/mol. The minimum Gasteiger partial charge on any atom is -0.494 e. The Balaban J connectivity index is 2.82. The smallest absolute Gasteiger partial charge is 0.332 e. The first-order valence-corrected chi connectivity index (χ1v) is 6.81. The van der Waals surface area contributed by atoms with Crippen LogP contribution in [-0.2, 0) is 9.59 Å². The average Bonchev–Trinajstić information content (AvgIpc) is 2.36. The zero-order chi connectivity index (χ0) is 14.3. The van der Waals surface area contributed by atoms with E-state index in [4.69, 9.17) is 9.84 Å². The molecule has 0 amide bonds. The lowest BCUT2D eigenvalue weighted by atomic mass is 10.1. The second kappa shape index (κ2) is 7.63. The zero-order valence-electron chi connectivity index (χ0n) is 10.9. The van der Waals surface area contributed by atoms with Crippen molar-refractivity contribution in [2.75, 3.05) is 12.4 Å². The van der Waals surface area contributed by atoms with E-state index in [-0.39, 0.29) is 16.4 Å². The van der Waals surface area contributed by atoms with Crippen molar-refractivity contribution in [3.8, 4) is 5.75 Å². The third-order valence-corrected chi connectivity index (χ3v) is 3.10. The molecule has 0 aliphatic rings. The van der Waals surface area contributed by atoms with Crippen molar-refractivity contribution in [2.24, 2.45) is 0 Å². The van der Waals surface area contributed by atoms with Crippen LogP contribution in [0.4, 0.5) is 0 Å². The van der Waals surface area contributed by atoms with Crippen molar-refractivity contribution < 1.29 is 19.4 Å². The summed E-state index contributed by atoms with van der Waals surface area (Å²) in [5.41, 5.74) is 0.967. The predicted molar refractivity (Wildman–Crippen MR) is 76.4 cm³/mol. The molecule has 0 saturated carbocycles. The van der Waals surface area contributed by atoms with Crippen LogP contribution < -0.4 is 4.74 Å². The van der Waals surface area contributed by atoms with Gasteiger partial charge in [-0.3, -0.25) is 4.79 Å². The van der Waals surface area contributed by atoms with Gasteiger partial charge in [0.25, 0.3) is 0 Å². The molecule has 0 atom stereocenters. The lowest BCUT2D eigenvalue weighted by Gasteiger charge is -2.04. The SMILES string of the molecule is CCOc1ccc(C=C(CSC(C)=O)C(=O)O)cc1. The van der Waals surface area contributed by atoms with Gasteiger partial charge in [0.15, 0.2) is 5.12 Å². The second-order valence-corrected chi connectivity index (χ2v) is 4.91. The molecule has 19 heavy (non-hydrogen) atoms. The fraction of sp³-hybridized carbons (Fsp3) is 0.286. The number of carboxylic acid groups (broad SMARTS) is 1. The summed E-state index contributed by atoms with van der Waals surface area (Å²) < 4.78 is 5.31. The number of benzene rings is 1. The first-order chi connectivity index (χ1) is 9.02. The minimum absolute atomic E-state index is 0.0983. The molecule has 1 aromatic carbocycles. The third-order valence-electron chi connectivity index (χ3n) is 2.24. The molecule has 0 radical (unpaired) electrons. The summed E-state index contributed by atoms with van der Waals surface area (Å²) in [4.78, 5) is 21.9. The maximum Gasteiger partial charge on any atom is 0.332 e. The van der Waals surface area contributed by atoms with Crippen LogP contribution >= 0.6 is 11.8 Å². The molecule has 1 N–H and O–H groups in total. The molecule has 0 unspecified atom stereocenters. The summed E-state index contributed by atoms with van der Waals surface area (Å²) in [7, 11) is 0. The maximum atomic E-state index is 11.1. The van der Waals surface area contributed by atoms with Crippen LogP contribution in [0.3, 0.4) is 0 Å². The molecular formula is C14H16O4S. The number of carbonyl (C=O) groups excluding carboxylic acids is 1. The van der Waals surface area contributed by atoms with Crippen LogP contribution in [-0.4, -0.2) is 28.6 Å². The van der Waals surface area contributed by atoms with Crippen LogP contribution in [0.1, 0.15) is 19.4 Å². The van der Waals surface area contributed by atoms with E-state index in [1.807, 2.05) is 6.92 Å². The molecule has 1 rings (SSSR count). The van der Waals surface area contributed by atoms with E-state index in [0.29, 0.717) is 6.61 Å². The van der Waals surface area contributed by atoms with Gasteiger partial charge in [-0.2, -0.15) is 0 Å². The summed E-state index contributed by atoms with van der Waals surface area (Å²) >= 11 is 0.986. The van der Waals surface area contributed by atoms with Gasteiger partial charge in [-0.05, 0) is 30.7 Å². The third kappa shape index (κ3) is 5.61. The van der Waals surface area contributed by atoms with Gasteiger partial charge in [0, 0.05) is 18.2 Å². The van der Waals surface area contributed by atoms with Gasteiger partial charge in [-0.1, -0.05) is 23.9 Å². The van der Waals surface area contributed by atoms with E-state index < -0.39 is 5.97 Å². The van der Waals surface area contributed by atoms with Gasteiger partial charge in [0.2, 0.25) is 0 Å². The van der Waals surface area contributed by atoms with Gasteiger partial charge in [-0.15, -0.1) is 0 Å². The molecule has 0 bridgehead atoms. The molecule has 0 heterocycles. The van der Waals surface area contributed by atoms with Crippen molar-refractivity contribution in [3.05, 3.63) is 35.4 Å². The zero-order valence-corrected chi connectivity index (χ0v) is 11.7. The Morgan fingerprint density at radius 1 is 1.32 bits per heavy atom. The van der Waals surface area contributed by atoms with Crippen molar-refractivity contribution in [1.29, 1.82) is 0 Å². The number of aliphatic carboxylic acids is 1. The van der Waals surface area contributed by atoms with E-state index in [9.17, 15) is 9.59 Å². The summed E-state index contributed by atoms with van der Waals surface area (Å²) in [5, 5.41) is 8.97. The van der Waals surface area contributed by atoms with Crippen LogP contribution in [0.15, 0.2) is 29.8 Å². The maximum absolute atomic E-state index is 11.1. The number of carbonyl (C=O) groups is 2. The number of ether oxygens (including phenoxy) is 1. The van der Waals surface area contributed by atoms with E-state index in [2.05, 4.69) is 0 Å². The highest BCUT2D eigenvalue weighted by Crippen LogP contribution is 2.17. The van der Waals surface area contributed by atoms with Crippen molar-refractivity contribution in [1.82, 2.24) is 0 Å². The van der Waals surface area contributed by atoms with E-state index in [0.717, 1.165) is 23.1 Å². The number of carboxylic acids is 1. The number of hydrogen-bond donors (Lipinski definition) is 1. The molecule has 5 heteroatoms. The van der Waals surface area contributed by atoms with Gasteiger partial charge >= 0.3 is 5.97 Å². The van der Waals surface area contributed by atoms with Gasteiger partial charge in [0.1, 0.15) is 5.75 Å². The highest BCUT2D eigenvalue weighted by molar-refractivity contribution is 8.13. The van der Waals surface area contributed by atoms with Crippen molar-refractivity contribution in [3.63, 3.8) is 0 Å². The second-order valence-electron chi connectivity index (χ2n) is 3.76. The van der Waals surface area contributed by atoms with Gasteiger partial charge in [0.05, 0.1) is 6.61 Å². The molecular weight excluding hydrogens is 264 g/mol. The number of thioether (sulfide) groups is 1. The molecule has 0 saturated heterocycles. The monoisotopic (exact) mass is 280 g/mol. The van der Waals surface area contributed by atoms with E-state index in [1.165, 1.54) is 6.92 Å². The van der Waals surface area contributed by atoms with E-state index in [1.54, 1.807) is 30.3 Å². The summed E-state index contributed by atoms with van der Waals surface area (Å²) in [6.07, 6.45) is 1.56. The predicted octanol–water partition coefficient (Wildman–Crippen LogP) is 2.83. The Morgan fingerprint density at radius 2 is 1.95 bits per heavy atom. The van der Waals surface area contributed by atoms with Crippen molar-refractivity contribution in [2.45, 2.75) is 13.8 Å². The van der Waals surface area contributed by atoms with Crippen LogP contribution in [0.5, 0.6) is 5.75 Å². The summed E-state index contributed by atoms with van der Waals surface area (Å²) in [6, 6.07) is 7.14. The lowest BCUT2D eigenvalue weighted by molar-refractivity contribution is -0.132. The highest BCUT2D eigenvalue weighted by Gasteiger charge is 2.09. The molecule has 0 fully saturated rings. The van der Waals surface area contributed by atoms with Gasteiger partial charge < -0.3 is 9.84 Å². The molecule has 4 nitrogen and oxygen atoms in total. The largest absolute Gasteiger partial charge is 0.494 e. The summed E-state index contributed by atoms with van der Waals surface area (Å²) in [5.74, 6) is -0.102. The first kappa shape index (κ1) is 15.3. The Hall–Kier alpha value is -1.75. The quantitative estimate of drug-likeness (QED) is 0.812. The molecule has 102 valence electrons. The topological polar surface area (TPSA) is 63.6 Å². The standard InChI is InChI=1S/C14H16O4S/c1-3-18-13-6-4-11(5-7-13)8-12(14(16)17)9-19-10(2)15/h4-8H,3,9H2,1-2H3,(H,16,17). The number of hydrogen-bond acceptors (Lipinski definition) is 4. The number of rotatable bonds is 6. The molecule has 0 aromatic heterocycles. The summed E-state index contributed by atoms with van der Waals surface area (Å²) in [6.45, 7) is 3.90. The Labute approximate surface area is 116 Å². The van der Waals surface area contributed by atoms with Crippen LogP contribution in [0, 0.1) is 0 Å². The minimum atomic E-state index is -1.01. The molecule has 0 spiro atoms. The fourth-order valence-electron chi connectivity index (χ4n) is 1.37. The lowest BCUT2D eigenvalue weighted by Crippen LogP contribution is -2.04. The van der Waals surface area contributed by atoms with Crippen LogP contribution in [0.2, 0.25) is 0 Å². The van der Waals surface area contributed by atoms with Crippen molar-refractivity contribution >= 4 is 28.9 Å². The highest BCUT2D eigenvalue weighted by atomic mass is 32.2. The van der Waals surface area contributed by atoms with E-state index >= 15 is 0 Å². The fourth-order valence-corrected chi connectivity index (χ4v) is 1.94.